The summed E-state index contributed by atoms with van der Waals surface area (Å²) in [5.74, 6) is 0.289. The van der Waals surface area contributed by atoms with Crippen molar-refractivity contribution in [3.05, 3.63) is 77.9 Å². The standard InChI is InChI=1S/C34H44N4O4/c1-34(2,3)33(41)38-20-7-11-30(38)32(40)37-29(22-25-12-15-26-9-5-6-10-27(26)21-25)31(39)36-19-8-18-35-23-24-13-16-28(42-4)17-14-24/h5-6,9-10,12-17,21,29-30,35H,7-8,11,18-20,22-23H2,1-4H3,(H,36,39)(H,37,40)/t29-,30+/m1/s1. The van der Waals surface area contributed by atoms with Crippen molar-refractivity contribution in [2.75, 3.05) is 26.7 Å². The second-order valence-electron chi connectivity index (χ2n) is 12.0. The van der Waals surface area contributed by atoms with Crippen molar-refractivity contribution in [3.8, 4) is 5.75 Å². The molecule has 1 aliphatic heterocycles. The van der Waals surface area contributed by atoms with E-state index >= 15 is 0 Å². The predicted molar refractivity (Wildman–Crippen MR) is 166 cm³/mol. The van der Waals surface area contributed by atoms with Crippen LogP contribution < -0.4 is 20.7 Å². The maximum Gasteiger partial charge on any atom is 0.243 e. The molecule has 8 heteroatoms. The van der Waals surface area contributed by atoms with Gasteiger partial charge in [0.1, 0.15) is 17.8 Å². The smallest absolute Gasteiger partial charge is 0.243 e. The molecule has 3 aromatic carbocycles. The Morgan fingerprint density at radius 2 is 1.67 bits per heavy atom. The van der Waals surface area contributed by atoms with Crippen LogP contribution in [0.5, 0.6) is 5.75 Å². The molecule has 0 saturated carbocycles. The highest BCUT2D eigenvalue weighted by Crippen LogP contribution is 2.26. The number of amides is 3. The molecular weight excluding hydrogens is 528 g/mol. The van der Waals surface area contributed by atoms with Crippen LogP contribution in [-0.2, 0) is 27.3 Å². The molecule has 1 fully saturated rings. The van der Waals surface area contributed by atoms with E-state index in [-0.39, 0.29) is 17.7 Å². The number of benzene rings is 3. The summed E-state index contributed by atoms with van der Waals surface area (Å²) in [7, 11) is 1.65. The Morgan fingerprint density at radius 1 is 0.952 bits per heavy atom. The van der Waals surface area contributed by atoms with E-state index in [1.807, 2.05) is 75.4 Å². The van der Waals surface area contributed by atoms with Crippen LogP contribution in [0.4, 0.5) is 0 Å². The van der Waals surface area contributed by atoms with Gasteiger partial charge in [0.25, 0.3) is 0 Å². The van der Waals surface area contributed by atoms with Gasteiger partial charge in [-0.25, -0.2) is 0 Å². The van der Waals surface area contributed by atoms with Crippen molar-refractivity contribution in [1.29, 1.82) is 0 Å². The van der Waals surface area contributed by atoms with Gasteiger partial charge in [-0.1, -0.05) is 75.4 Å². The number of carbonyl (C=O) groups excluding carboxylic acids is 3. The number of likely N-dealkylation sites (tertiary alicyclic amines) is 1. The van der Waals surface area contributed by atoms with Gasteiger partial charge in [-0.3, -0.25) is 14.4 Å². The number of hydrogen-bond acceptors (Lipinski definition) is 5. The van der Waals surface area contributed by atoms with E-state index in [0.29, 0.717) is 25.9 Å². The predicted octanol–water partition coefficient (Wildman–Crippen LogP) is 4.21. The third kappa shape index (κ3) is 8.32. The molecule has 0 radical (unpaired) electrons. The molecule has 0 aliphatic carbocycles. The average Bonchev–Trinajstić information content (AvgIpc) is 3.48. The quantitative estimate of drug-likeness (QED) is 0.283. The molecule has 3 amide bonds. The first-order valence-corrected chi connectivity index (χ1v) is 14.9. The lowest BCUT2D eigenvalue weighted by Crippen LogP contribution is -2.55. The first-order chi connectivity index (χ1) is 20.2. The SMILES string of the molecule is COc1ccc(CNCCCNC(=O)[C@@H](Cc2ccc3ccccc3c2)NC(=O)[C@@H]2CCCN2C(=O)C(C)(C)C)cc1. The van der Waals surface area contributed by atoms with Gasteiger partial charge in [0, 0.05) is 31.5 Å². The van der Waals surface area contributed by atoms with Crippen molar-refractivity contribution >= 4 is 28.5 Å². The molecular formula is C34H44N4O4. The first kappa shape index (κ1) is 31.0. The summed E-state index contributed by atoms with van der Waals surface area (Å²) < 4.78 is 5.20. The molecule has 2 atom stereocenters. The Balaban J connectivity index is 1.37. The molecule has 1 heterocycles. The lowest BCUT2D eigenvalue weighted by Gasteiger charge is -2.31. The number of methoxy groups -OCH3 is 1. The van der Waals surface area contributed by atoms with Crippen LogP contribution in [0, 0.1) is 5.41 Å². The fourth-order valence-corrected chi connectivity index (χ4v) is 5.32. The molecule has 4 rings (SSSR count). The van der Waals surface area contributed by atoms with Gasteiger partial charge < -0.3 is 25.6 Å². The lowest BCUT2D eigenvalue weighted by molar-refractivity contribution is -0.145. The van der Waals surface area contributed by atoms with Crippen LogP contribution in [-0.4, -0.2) is 61.4 Å². The summed E-state index contributed by atoms with van der Waals surface area (Å²) in [5, 5.41) is 11.6. The second kappa shape index (κ2) is 14.3. The molecule has 1 saturated heterocycles. The zero-order valence-electron chi connectivity index (χ0n) is 25.2. The largest absolute Gasteiger partial charge is 0.497 e. The fourth-order valence-electron chi connectivity index (χ4n) is 5.32. The van der Waals surface area contributed by atoms with Crippen LogP contribution in [0.15, 0.2) is 66.7 Å². The number of hydrogen-bond donors (Lipinski definition) is 3. The summed E-state index contributed by atoms with van der Waals surface area (Å²) in [4.78, 5) is 41.6. The summed E-state index contributed by atoms with van der Waals surface area (Å²) >= 11 is 0. The van der Waals surface area contributed by atoms with Gasteiger partial charge in [0.15, 0.2) is 0 Å². The topological polar surface area (TPSA) is 99.8 Å². The minimum absolute atomic E-state index is 0.0437. The maximum atomic E-state index is 13.5. The third-order valence-electron chi connectivity index (χ3n) is 7.66. The van der Waals surface area contributed by atoms with Crippen LogP contribution in [0.3, 0.4) is 0 Å². The van der Waals surface area contributed by atoms with Gasteiger partial charge in [-0.15, -0.1) is 0 Å². The van der Waals surface area contributed by atoms with E-state index in [4.69, 9.17) is 4.74 Å². The highest BCUT2D eigenvalue weighted by Gasteiger charge is 2.39. The highest BCUT2D eigenvalue weighted by molar-refractivity contribution is 5.93. The van der Waals surface area contributed by atoms with Crippen molar-refractivity contribution in [3.63, 3.8) is 0 Å². The lowest BCUT2D eigenvalue weighted by atomic mass is 9.94. The van der Waals surface area contributed by atoms with E-state index in [1.165, 1.54) is 0 Å². The molecule has 42 heavy (non-hydrogen) atoms. The Morgan fingerprint density at radius 3 is 2.38 bits per heavy atom. The molecule has 3 aromatic rings. The van der Waals surface area contributed by atoms with E-state index < -0.39 is 17.5 Å². The minimum atomic E-state index is -0.752. The minimum Gasteiger partial charge on any atom is -0.497 e. The number of fused-ring (bicyclic) bond motifs is 1. The number of ether oxygens (including phenoxy) is 1. The summed E-state index contributed by atoms with van der Waals surface area (Å²) in [6.45, 7) is 8.10. The van der Waals surface area contributed by atoms with Crippen molar-refractivity contribution in [2.24, 2.45) is 5.41 Å². The van der Waals surface area contributed by atoms with Gasteiger partial charge in [-0.2, -0.15) is 0 Å². The van der Waals surface area contributed by atoms with E-state index in [9.17, 15) is 14.4 Å². The molecule has 224 valence electrons. The summed E-state index contributed by atoms with van der Waals surface area (Å²) in [6.07, 6.45) is 2.47. The molecule has 0 unspecified atom stereocenters. The van der Waals surface area contributed by atoms with Gasteiger partial charge in [0.05, 0.1) is 7.11 Å². The van der Waals surface area contributed by atoms with E-state index in [2.05, 4.69) is 28.1 Å². The first-order valence-electron chi connectivity index (χ1n) is 14.9. The fraction of sp³-hybridized carbons (Fsp3) is 0.441. The molecule has 8 nitrogen and oxygen atoms in total. The normalized spacial score (nSPS) is 15.8. The molecule has 1 aliphatic rings. The highest BCUT2D eigenvalue weighted by atomic mass is 16.5. The zero-order chi connectivity index (χ0) is 30.1. The van der Waals surface area contributed by atoms with Gasteiger partial charge in [0.2, 0.25) is 17.7 Å². The van der Waals surface area contributed by atoms with E-state index in [1.54, 1.807) is 12.0 Å². The van der Waals surface area contributed by atoms with Gasteiger partial charge in [-0.05, 0) is 59.8 Å². The van der Waals surface area contributed by atoms with Crippen LogP contribution in [0.25, 0.3) is 10.8 Å². The summed E-state index contributed by atoms with van der Waals surface area (Å²) in [5.41, 5.74) is 1.54. The Labute approximate surface area is 249 Å². The van der Waals surface area contributed by atoms with Crippen LogP contribution in [0.2, 0.25) is 0 Å². The second-order valence-corrected chi connectivity index (χ2v) is 12.0. The molecule has 0 spiro atoms. The van der Waals surface area contributed by atoms with Crippen molar-refractivity contribution in [2.45, 2.75) is 65.1 Å². The van der Waals surface area contributed by atoms with Crippen molar-refractivity contribution < 1.29 is 19.1 Å². The van der Waals surface area contributed by atoms with Gasteiger partial charge >= 0.3 is 0 Å². The Bertz CT molecular complexity index is 1370. The van der Waals surface area contributed by atoms with Crippen molar-refractivity contribution in [1.82, 2.24) is 20.9 Å². The number of nitrogens with zero attached hydrogens (tertiary/aromatic N) is 1. The number of nitrogens with one attached hydrogen (secondary N) is 3. The average molecular weight is 573 g/mol. The molecule has 3 N–H and O–H groups in total. The van der Waals surface area contributed by atoms with Crippen LogP contribution >= 0.6 is 0 Å². The maximum absolute atomic E-state index is 13.5. The number of rotatable bonds is 12. The van der Waals surface area contributed by atoms with Crippen LogP contribution in [0.1, 0.15) is 51.2 Å². The molecule has 0 bridgehead atoms. The Hall–Kier alpha value is -3.91. The van der Waals surface area contributed by atoms with E-state index in [0.717, 1.165) is 53.6 Å². The zero-order valence-corrected chi connectivity index (χ0v) is 25.2. The summed E-state index contributed by atoms with van der Waals surface area (Å²) in [6, 6.07) is 20.8. The third-order valence-corrected chi connectivity index (χ3v) is 7.66. The Kier molecular flexibility index (Phi) is 10.6. The molecule has 0 aromatic heterocycles. The number of carbonyl (C=O) groups is 3. The monoisotopic (exact) mass is 572 g/mol.